The molecule has 0 aliphatic rings. The number of benzene rings is 1. The monoisotopic (exact) mass is 262 g/mol. The Balaban J connectivity index is 3.00. The van der Waals surface area contributed by atoms with E-state index in [1.807, 2.05) is 6.92 Å². The number of methoxy groups -OCH3 is 1. The van der Waals surface area contributed by atoms with E-state index < -0.39 is 0 Å². The van der Waals surface area contributed by atoms with Gasteiger partial charge in [-0.2, -0.15) is 0 Å². The molecule has 1 aromatic carbocycles. The fourth-order valence-electron chi connectivity index (χ4n) is 2.66. The lowest BCUT2D eigenvalue weighted by Crippen LogP contribution is -2.06. The molecule has 0 N–H and O–H groups in total. The van der Waals surface area contributed by atoms with Crippen LogP contribution in [0.2, 0.25) is 0 Å². The number of aryl methyl sites for hydroxylation is 2. The number of rotatable bonds is 7. The first-order valence-electron chi connectivity index (χ1n) is 7.20. The second-order valence-corrected chi connectivity index (χ2v) is 5.24. The van der Waals surface area contributed by atoms with Gasteiger partial charge in [-0.1, -0.05) is 31.5 Å². The summed E-state index contributed by atoms with van der Waals surface area (Å²) in [5, 5.41) is 0. The van der Waals surface area contributed by atoms with Gasteiger partial charge in [-0.05, 0) is 43.7 Å². The predicted molar refractivity (Wildman–Crippen MR) is 80.0 cm³/mol. The highest BCUT2D eigenvalue weighted by Crippen LogP contribution is 2.35. The topological polar surface area (TPSA) is 26.3 Å². The first-order valence-corrected chi connectivity index (χ1v) is 7.20. The minimum absolute atomic E-state index is 0.349. The Bertz CT molecular complexity index is 435. The second kappa shape index (κ2) is 7.32. The lowest BCUT2D eigenvalue weighted by atomic mass is 9.88. The molecule has 0 aliphatic carbocycles. The van der Waals surface area contributed by atoms with Crippen molar-refractivity contribution in [1.82, 2.24) is 0 Å². The second-order valence-electron chi connectivity index (χ2n) is 5.24. The van der Waals surface area contributed by atoms with Crippen LogP contribution < -0.4 is 4.74 Å². The lowest BCUT2D eigenvalue weighted by Gasteiger charge is -2.20. The van der Waals surface area contributed by atoms with Gasteiger partial charge in [-0.3, -0.25) is 4.79 Å². The van der Waals surface area contributed by atoms with Crippen LogP contribution in [0.15, 0.2) is 12.1 Å². The van der Waals surface area contributed by atoms with Crippen molar-refractivity contribution in [2.75, 3.05) is 7.11 Å². The van der Waals surface area contributed by atoms with E-state index in [-0.39, 0.29) is 0 Å². The maximum atomic E-state index is 11.5. The number of ether oxygens (including phenoxy) is 1. The molecule has 0 radical (unpaired) electrons. The molecule has 2 nitrogen and oxygen atoms in total. The molecular weight excluding hydrogens is 236 g/mol. The highest BCUT2D eigenvalue weighted by atomic mass is 16.5. The van der Waals surface area contributed by atoms with Crippen molar-refractivity contribution >= 4 is 5.78 Å². The van der Waals surface area contributed by atoms with Gasteiger partial charge in [0.05, 0.1) is 7.11 Å². The van der Waals surface area contributed by atoms with Gasteiger partial charge in [-0.15, -0.1) is 0 Å². The number of hydrogen-bond acceptors (Lipinski definition) is 2. The maximum absolute atomic E-state index is 11.5. The number of carbonyl (C=O) groups excluding carboxylic acids is 1. The van der Waals surface area contributed by atoms with Crippen molar-refractivity contribution < 1.29 is 9.53 Å². The van der Waals surface area contributed by atoms with Gasteiger partial charge in [0.1, 0.15) is 11.5 Å². The van der Waals surface area contributed by atoms with Gasteiger partial charge < -0.3 is 4.74 Å². The fourth-order valence-corrected chi connectivity index (χ4v) is 2.66. The van der Waals surface area contributed by atoms with E-state index in [2.05, 4.69) is 32.9 Å². The summed E-state index contributed by atoms with van der Waals surface area (Å²) in [5.74, 6) is 1.74. The Kier molecular flexibility index (Phi) is 6.07. The van der Waals surface area contributed by atoms with Crippen molar-refractivity contribution in [1.29, 1.82) is 0 Å². The number of ketones is 1. The first kappa shape index (κ1) is 15.7. The Morgan fingerprint density at radius 2 is 1.95 bits per heavy atom. The molecule has 0 aliphatic heterocycles. The van der Waals surface area contributed by atoms with Gasteiger partial charge in [-0.25, -0.2) is 0 Å². The summed E-state index contributed by atoms with van der Waals surface area (Å²) in [7, 11) is 1.73. The molecule has 2 heteroatoms. The van der Waals surface area contributed by atoms with Crippen molar-refractivity contribution in [3.8, 4) is 5.75 Å². The van der Waals surface area contributed by atoms with E-state index in [9.17, 15) is 4.79 Å². The van der Waals surface area contributed by atoms with E-state index >= 15 is 0 Å². The van der Waals surface area contributed by atoms with E-state index in [1.54, 1.807) is 7.11 Å². The third-order valence-corrected chi connectivity index (χ3v) is 3.75. The van der Waals surface area contributed by atoms with Crippen LogP contribution in [0.4, 0.5) is 0 Å². The Labute approximate surface area is 117 Å². The average Bonchev–Trinajstić information content (AvgIpc) is 2.38. The molecule has 0 saturated carbocycles. The van der Waals surface area contributed by atoms with Gasteiger partial charge >= 0.3 is 0 Å². The van der Waals surface area contributed by atoms with Crippen LogP contribution in [-0.2, 0) is 4.79 Å². The van der Waals surface area contributed by atoms with E-state index in [4.69, 9.17) is 4.74 Å². The maximum Gasteiger partial charge on any atom is 0.132 e. The summed E-state index contributed by atoms with van der Waals surface area (Å²) in [6, 6.07) is 4.35. The van der Waals surface area contributed by atoms with E-state index in [0.717, 1.165) is 18.6 Å². The Hall–Kier alpha value is -1.31. The minimum Gasteiger partial charge on any atom is -0.496 e. The SMILES string of the molecule is CCC(=O)CCC(CC)c1cc(C)cc(C)c1OC. The minimum atomic E-state index is 0.349. The summed E-state index contributed by atoms with van der Waals surface area (Å²) in [4.78, 5) is 11.5. The highest BCUT2D eigenvalue weighted by molar-refractivity contribution is 5.78. The van der Waals surface area contributed by atoms with Gasteiger partial charge in [0, 0.05) is 12.8 Å². The molecular formula is C17H26O2. The zero-order valence-corrected chi connectivity index (χ0v) is 12.9. The summed E-state index contributed by atoms with van der Waals surface area (Å²) >= 11 is 0. The van der Waals surface area contributed by atoms with E-state index in [0.29, 0.717) is 24.5 Å². The largest absolute Gasteiger partial charge is 0.496 e. The van der Waals surface area contributed by atoms with Crippen LogP contribution in [0.25, 0.3) is 0 Å². The standard InChI is InChI=1S/C17H26O2/c1-6-14(8-9-15(18)7-2)16-11-12(3)10-13(4)17(16)19-5/h10-11,14H,6-9H2,1-5H3. The van der Waals surface area contributed by atoms with Crippen LogP contribution in [-0.4, -0.2) is 12.9 Å². The molecule has 1 unspecified atom stereocenters. The molecule has 0 fully saturated rings. The van der Waals surface area contributed by atoms with Crippen LogP contribution in [0.1, 0.15) is 62.1 Å². The van der Waals surface area contributed by atoms with Crippen molar-refractivity contribution in [2.24, 2.45) is 0 Å². The lowest BCUT2D eigenvalue weighted by molar-refractivity contribution is -0.118. The molecule has 1 atom stereocenters. The zero-order chi connectivity index (χ0) is 14.4. The molecule has 0 amide bonds. The van der Waals surface area contributed by atoms with Crippen molar-refractivity contribution in [2.45, 2.75) is 59.3 Å². The molecule has 0 saturated heterocycles. The van der Waals surface area contributed by atoms with Gasteiger partial charge in [0.15, 0.2) is 0 Å². The number of hydrogen-bond donors (Lipinski definition) is 0. The fraction of sp³-hybridized carbons (Fsp3) is 0.588. The zero-order valence-electron chi connectivity index (χ0n) is 12.9. The first-order chi connectivity index (χ1) is 9.03. The number of Topliss-reactive ketones (excluding diaryl/α,β-unsaturated/α-hetero) is 1. The molecule has 0 bridgehead atoms. The molecule has 106 valence electrons. The Morgan fingerprint density at radius 3 is 2.47 bits per heavy atom. The van der Waals surface area contributed by atoms with Crippen LogP contribution in [0.5, 0.6) is 5.75 Å². The molecule has 0 aromatic heterocycles. The van der Waals surface area contributed by atoms with Crippen LogP contribution >= 0.6 is 0 Å². The quantitative estimate of drug-likeness (QED) is 0.719. The van der Waals surface area contributed by atoms with Crippen molar-refractivity contribution in [3.05, 3.63) is 28.8 Å². The number of carbonyl (C=O) groups is 1. The molecule has 19 heavy (non-hydrogen) atoms. The molecule has 0 heterocycles. The Morgan fingerprint density at radius 1 is 1.26 bits per heavy atom. The summed E-state index contributed by atoms with van der Waals surface area (Å²) in [6.45, 7) is 8.30. The molecule has 1 aromatic rings. The average molecular weight is 262 g/mol. The van der Waals surface area contributed by atoms with Crippen LogP contribution in [0, 0.1) is 13.8 Å². The van der Waals surface area contributed by atoms with Crippen LogP contribution in [0.3, 0.4) is 0 Å². The molecule has 1 rings (SSSR count). The third-order valence-electron chi connectivity index (χ3n) is 3.75. The summed E-state index contributed by atoms with van der Waals surface area (Å²) in [5.41, 5.74) is 3.69. The van der Waals surface area contributed by atoms with Gasteiger partial charge in [0.2, 0.25) is 0 Å². The van der Waals surface area contributed by atoms with E-state index in [1.165, 1.54) is 16.7 Å². The highest BCUT2D eigenvalue weighted by Gasteiger charge is 2.17. The summed E-state index contributed by atoms with van der Waals surface area (Å²) < 4.78 is 5.56. The van der Waals surface area contributed by atoms with Crippen molar-refractivity contribution in [3.63, 3.8) is 0 Å². The smallest absolute Gasteiger partial charge is 0.132 e. The molecule has 0 spiro atoms. The predicted octanol–water partition coefficient (Wildman–Crippen LogP) is 4.56. The van der Waals surface area contributed by atoms with Gasteiger partial charge in [0.25, 0.3) is 0 Å². The normalized spacial score (nSPS) is 12.3. The summed E-state index contributed by atoms with van der Waals surface area (Å²) in [6.07, 6.45) is 3.27. The third kappa shape index (κ3) is 4.09.